The Morgan fingerprint density at radius 1 is 1.06 bits per heavy atom. The molecule has 0 fully saturated rings. The van der Waals surface area contributed by atoms with E-state index in [1.807, 2.05) is 0 Å². The van der Waals surface area contributed by atoms with E-state index in [1.165, 1.54) is 0 Å². The predicted octanol–water partition coefficient (Wildman–Crippen LogP) is 4.47. The molecule has 0 aliphatic carbocycles. The lowest BCUT2D eigenvalue weighted by molar-refractivity contribution is -0.163. The van der Waals surface area contributed by atoms with Crippen LogP contribution in [-0.4, -0.2) is 7.11 Å². The molecule has 0 radical (unpaired) electrons. The molecule has 18 heavy (non-hydrogen) atoms. The molecule has 1 aromatic rings. The van der Waals surface area contributed by atoms with Crippen molar-refractivity contribution >= 4 is 11.6 Å². The van der Waals surface area contributed by atoms with E-state index in [2.05, 4.69) is 4.74 Å². The van der Waals surface area contributed by atoms with Gasteiger partial charge >= 0.3 is 12.4 Å². The van der Waals surface area contributed by atoms with Gasteiger partial charge in [-0.25, -0.2) is 0 Å². The lowest BCUT2D eigenvalue weighted by atomic mass is 10.0. The zero-order chi connectivity index (χ0) is 14.1. The van der Waals surface area contributed by atoms with E-state index in [-0.39, 0.29) is 11.4 Å². The maximum atomic E-state index is 12.6. The van der Waals surface area contributed by atoms with Crippen LogP contribution in [0.25, 0.3) is 0 Å². The Morgan fingerprint density at radius 2 is 1.61 bits per heavy atom. The first-order valence-electron chi connectivity index (χ1n) is 4.52. The molecular formula is C10H7ClF6O. The number of rotatable bonds is 2. The van der Waals surface area contributed by atoms with Crippen molar-refractivity contribution in [1.29, 1.82) is 0 Å². The van der Waals surface area contributed by atoms with Crippen LogP contribution in [0.1, 0.15) is 16.7 Å². The molecule has 0 N–H and O–H groups in total. The number of methoxy groups -OCH3 is 1. The number of alkyl halides is 7. The first kappa shape index (κ1) is 14.9. The van der Waals surface area contributed by atoms with Gasteiger partial charge in [0, 0.05) is 5.88 Å². The Labute approximate surface area is 103 Å². The Hall–Kier alpha value is -1.11. The Balaban J connectivity index is 3.64. The van der Waals surface area contributed by atoms with E-state index >= 15 is 0 Å². The van der Waals surface area contributed by atoms with Gasteiger partial charge in [0.2, 0.25) is 0 Å². The van der Waals surface area contributed by atoms with Gasteiger partial charge in [0.25, 0.3) is 0 Å². The van der Waals surface area contributed by atoms with Gasteiger partial charge in [-0.1, -0.05) is 0 Å². The smallest absolute Gasteiger partial charge is 0.420 e. The number of benzene rings is 1. The van der Waals surface area contributed by atoms with Crippen molar-refractivity contribution in [2.75, 3.05) is 7.11 Å². The molecule has 0 spiro atoms. The van der Waals surface area contributed by atoms with Crippen LogP contribution in [0.3, 0.4) is 0 Å². The molecule has 0 atom stereocenters. The second-order valence-corrected chi connectivity index (χ2v) is 3.62. The quantitative estimate of drug-likeness (QED) is 0.577. The normalized spacial score (nSPS) is 12.7. The Morgan fingerprint density at radius 3 is 1.94 bits per heavy atom. The average molecular weight is 293 g/mol. The molecule has 1 rings (SSSR count). The molecule has 0 unspecified atom stereocenters. The van der Waals surface area contributed by atoms with Crippen molar-refractivity contribution in [3.05, 3.63) is 28.8 Å². The number of ether oxygens (including phenoxy) is 1. The highest BCUT2D eigenvalue weighted by molar-refractivity contribution is 6.17. The van der Waals surface area contributed by atoms with E-state index in [1.54, 1.807) is 0 Å². The van der Waals surface area contributed by atoms with Crippen molar-refractivity contribution in [2.45, 2.75) is 18.2 Å². The molecule has 0 aliphatic rings. The summed E-state index contributed by atoms with van der Waals surface area (Å²) in [4.78, 5) is 0. The summed E-state index contributed by atoms with van der Waals surface area (Å²) in [6.07, 6.45) is -10.3. The SMILES string of the molecule is COc1cc(CCl)cc(C(F)(F)F)c1C(F)(F)F. The van der Waals surface area contributed by atoms with Crippen LogP contribution < -0.4 is 4.74 Å². The molecular weight excluding hydrogens is 286 g/mol. The predicted molar refractivity (Wildman–Crippen MR) is 52.6 cm³/mol. The maximum absolute atomic E-state index is 12.6. The first-order chi connectivity index (χ1) is 8.11. The van der Waals surface area contributed by atoms with Crippen molar-refractivity contribution in [2.24, 2.45) is 0 Å². The molecule has 8 heteroatoms. The molecule has 0 bridgehead atoms. The molecule has 0 saturated heterocycles. The molecule has 0 saturated carbocycles. The lowest BCUT2D eigenvalue weighted by Crippen LogP contribution is -2.18. The largest absolute Gasteiger partial charge is 0.496 e. The van der Waals surface area contributed by atoms with Gasteiger partial charge in [-0.2, -0.15) is 26.3 Å². The van der Waals surface area contributed by atoms with Crippen LogP contribution in [-0.2, 0) is 18.2 Å². The van der Waals surface area contributed by atoms with Gasteiger partial charge < -0.3 is 4.74 Å². The standard InChI is InChI=1S/C10H7ClF6O/c1-18-7-3-5(4-11)2-6(9(12,13)14)8(7)10(15,16)17/h2-3H,4H2,1H3. The van der Waals surface area contributed by atoms with Gasteiger partial charge in [-0.15, -0.1) is 11.6 Å². The van der Waals surface area contributed by atoms with Crippen LogP contribution in [0.15, 0.2) is 12.1 Å². The second-order valence-electron chi connectivity index (χ2n) is 3.35. The molecule has 0 aromatic heterocycles. The zero-order valence-electron chi connectivity index (χ0n) is 8.92. The highest BCUT2D eigenvalue weighted by Gasteiger charge is 2.45. The fourth-order valence-corrected chi connectivity index (χ4v) is 1.58. The molecule has 0 amide bonds. The van der Waals surface area contributed by atoms with Crippen molar-refractivity contribution < 1.29 is 31.1 Å². The highest BCUT2D eigenvalue weighted by Crippen LogP contribution is 2.45. The summed E-state index contributed by atoms with van der Waals surface area (Å²) in [5.41, 5.74) is -3.75. The van der Waals surface area contributed by atoms with Crippen LogP contribution in [0.2, 0.25) is 0 Å². The summed E-state index contributed by atoms with van der Waals surface area (Å²) in [5, 5.41) is 0. The third-order valence-electron chi connectivity index (χ3n) is 2.13. The number of halogens is 7. The molecule has 102 valence electrons. The molecule has 1 nitrogen and oxygen atoms in total. The fraction of sp³-hybridized carbons (Fsp3) is 0.400. The Kier molecular flexibility index (Phi) is 4.05. The minimum Gasteiger partial charge on any atom is -0.496 e. The topological polar surface area (TPSA) is 9.23 Å². The maximum Gasteiger partial charge on any atom is 0.420 e. The second kappa shape index (κ2) is 4.87. The van der Waals surface area contributed by atoms with Gasteiger partial charge in [-0.3, -0.25) is 0 Å². The van der Waals surface area contributed by atoms with E-state index in [9.17, 15) is 26.3 Å². The number of hydrogen-bond acceptors (Lipinski definition) is 1. The molecule has 1 aromatic carbocycles. The lowest BCUT2D eigenvalue weighted by Gasteiger charge is -2.19. The van der Waals surface area contributed by atoms with E-state index < -0.39 is 29.2 Å². The summed E-state index contributed by atoms with van der Waals surface area (Å²) in [6, 6.07) is 1.21. The van der Waals surface area contributed by atoms with Crippen LogP contribution >= 0.6 is 11.6 Å². The summed E-state index contributed by atoms with van der Waals surface area (Å²) in [6.45, 7) is 0. The van der Waals surface area contributed by atoms with E-state index in [0.29, 0.717) is 6.07 Å². The third kappa shape index (κ3) is 3.01. The van der Waals surface area contributed by atoms with Gasteiger partial charge in [0.15, 0.2) is 0 Å². The van der Waals surface area contributed by atoms with Crippen molar-refractivity contribution in [1.82, 2.24) is 0 Å². The average Bonchev–Trinajstić information content (AvgIpc) is 2.24. The van der Waals surface area contributed by atoms with Gasteiger partial charge in [0.1, 0.15) is 11.3 Å². The van der Waals surface area contributed by atoms with Crippen LogP contribution in [0, 0.1) is 0 Å². The summed E-state index contributed by atoms with van der Waals surface area (Å²) >= 11 is 5.34. The van der Waals surface area contributed by atoms with Gasteiger partial charge in [-0.05, 0) is 17.7 Å². The van der Waals surface area contributed by atoms with Crippen molar-refractivity contribution in [3.8, 4) is 5.75 Å². The summed E-state index contributed by atoms with van der Waals surface area (Å²) in [7, 11) is 0.864. The highest BCUT2D eigenvalue weighted by atomic mass is 35.5. The number of hydrogen-bond donors (Lipinski definition) is 0. The first-order valence-corrected chi connectivity index (χ1v) is 5.06. The fourth-order valence-electron chi connectivity index (χ4n) is 1.43. The van der Waals surface area contributed by atoms with Crippen molar-refractivity contribution in [3.63, 3.8) is 0 Å². The summed E-state index contributed by atoms with van der Waals surface area (Å²) in [5.74, 6) is -1.25. The van der Waals surface area contributed by atoms with Crippen LogP contribution in [0.4, 0.5) is 26.3 Å². The van der Waals surface area contributed by atoms with Crippen LogP contribution in [0.5, 0.6) is 5.75 Å². The Bertz CT molecular complexity index is 437. The monoisotopic (exact) mass is 292 g/mol. The summed E-state index contributed by atoms with van der Waals surface area (Å²) < 4.78 is 80.2. The minimum absolute atomic E-state index is 0.103. The third-order valence-corrected chi connectivity index (χ3v) is 2.43. The van der Waals surface area contributed by atoms with E-state index in [0.717, 1.165) is 13.2 Å². The minimum atomic E-state index is -5.17. The zero-order valence-corrected chi connectivity index (χ0v) is 9.67. The van der Waals surface area contributed by atoms with E-state index in [4.69, 9.17) is 11.6 Å². The van der Waals surface area contributed by atoms with Gasteiger partial charge in [0.05, 0.1) is 12.7 Å². The molecule has 0 heterocycles. The molecule has 0 aliphatic heterocycles.